The fraction of sp³-hybridized carbons (Fsp3) is 0.280. The highest BCUT2D eigenvalue weighted by molar-refractivity contribution is 6.22. The summed E-state index contributed by atoms with van der Waals surface area (Å²) >= 11 is 0. The predicted molar refractivity (Wildman–Crippen MR) is 121 cm³/mol. The van der Waals surface area contributed by atoms with E-state index in [9.17, 15) is 39.9 Å². The van der Waals surface area contributed by atoms with E-state index in [0.717, 1.165) is 0 Å². The molecule has 1 aromatic carbocycles. The van der Waals surface area contributed by atoms with Crippen molar-refractivity contribution in [1.29, 1.82) is 0 Å². The Morgan fingerprint density at radius 1 is 1.14 bits per heavy atom. The largest absolute Gasteiger partial charge is 0.508 e. The number of aliphatic hydroxyl groups excluding tert-OH is 3. The first kappa shape index (κ1) is 22.8. The number of fused-ring (bicyclic) bond motifs is 3. The van der Waals surface area contributed by atoms with Gasteiger partial charge in [-0.2, -0.15) is 0 Å². The van der Waals surface area contributed by atoms with Crippen molar-refractivity contribution in [3.8, 4) is 16.9 Å². The first-order valence-electron chi connectivity index (χ1n) is 11.0. The average molecular weight is 478 g/mol. The number of hydrogen-bond acceptors (Lipinski definition) is 9. The maximum Gasteiger partial charge on any atom is 0.255 e. The lowest BCUT2D eigenvalue weighted by atomic mass is 9.59. The monoisotopic (exact) mass is 478 g/mol. The van der Waals surface area contributed by atoms with Crippen LogP contribution in [0.1, 0.15) is 29.5 Å². The molecular formula is C25H22N2O8. The molecule has 180 valence electrons. The molecule has 3 unspecified atom stereocenters. The average Bonchev–Trinajstić information content (AvgIpc) is 2.81. The van der Waals surface area contributed by atoms with Crippen LogP contribution in [0.25, 0.3) is 16.9 Å². The van der Waals surface area contributed by atoms with E-state index in [1.807, 2.05) is 0 Å². The SMILES string of the molecule is NC(=O)C1=C(O)C2(O)C(=O)C3=C(O)c4c(O)ccc(-c5cncc(CO)c5)c4CC3CC2CC1=O. The minimum atomic E-state index is -2.60. The summed E-state index contributed by atoms with van der Waals surface area (Å²) in [5, 5.41) is 53.1. The summed E-state index contributed by atoms with van der Waals surface area (Å²) in [4.78, 5) is 41.8. The number of nitrogens with zero attached hydrogens (tertiary/aromatic N) is 1. The quantitative estimate of drug-likeness (QED) is 0.349. The van der Waals surface area contributed by atoms with E-state index >= 15 is 0 Å². The summed E-state index contributed by atoms with van der Waals surface area (Å²) < 4.78 is 0. The Morgan fingerprint density at radius 2 is 1.89 bits per heavy atom. The van der Waals surface area contributed by atoms with E-state index in [-0.39, 0.29) is 42.8 Å². The Labute approximate surface area is 198 Å². The van der Waals surface area contributed by atoms with Gasteiger partial charge in [0, 0.05) is 35.9 Å². The molecule has 35 heavy (non-hydrogen) atoms. The van der Waals surface area contributed by atoms with Crippen LogP contribution >= 0.6 is 0 Å². The molecule has 3 atom stereocenters. The number of phenols is 1. The van der Waals surface area contributed by atoms with Crippen LogP contribution in [0.2, 0.25) is 0 Å². The van der Waals surface area contributed by atoms with Crippen molar-refractivity contribution < 1.29 is 39.9 Å². The molecule has 1 saturated carbocycles. The summed E-state index contributed by atoms with van der Waals surface area (Å²) in [7, 11) is 0. The van der Waals surface area contributed by atoms with E-state index in [1.54, 1.807) is 18.3 Å². The highest BCUT2D eigenvalue weighted by Crippen LogP contribution is 2.53. The molecule has 10 heteroatoms. The molecule has 2 aromatic rings. The molecule has 1 amide bonds. The zero-order chi connectivity index (χ0) is 25.2. The molecule has 10 nitrogen and oxygen atoms in total. The van der Waals surface area contributed by atoms with Crippen molar-refractivity contribution >= 4 is 23.2 Å². The van der Waals surface area contributed by atoms with Gasteiger partial charge in [-0.05, 0) is 47.6 Å². The molecular weight excluding hydrogens is 456 g/mol. The van der Waals surface area contributed by atoms with Crippen molar-refractivity contribution in [2.45, 2.75) is 31.5 Å². The zero-order valence-electron chi connectivity index (χ0n) is 18.4. The van der Waals surface area contributed by atoms with Gasteiger partial charge in [0.25, 0.3) is 5.91 Å². The van der Waals surface area contributed by atoms with E-state index in [2.05, 4.69) is 4.98 Å². The lowest BCUT2D eigenvalue weighted by Gasteiger charge is -2.46. The Kier molecular flexibility index (Phi) is 5.04. The molecule has 0 bridgehead atoms. The number of aliphatic hydroxyl groups is 4. The van der Waals surface area contributed by atoms with Gasteiger partial charge in [0.2, 0.25) is 5.78 Å². The minimum absolute atomic E-state index is 0.00373. The second-order valence-electron chi connectivity index (χ2n) is 9.13. The van der Waals surface area contributed by atoms with Crippen LogP contribution in [0.3, 0.4) is 0 Å². The summed E-state index contributed by atoms with van der Waals surface area (Å²) in [5.74, 6) is -6.69. The number of primary amides is 1. The molecule has 3 aliphatic carbocycles. The van der Waals surface area contributed by atoms with Gasteiger partial charge in [0.05, 0.1) is 12.2 Å². The van der Waals surface area contributed by atoms with Crippen LogP contribution in [0, 0.1) is 11.8 Å². The molecule has 1 fully saturated rings. The first-order chi connectivity index (χ1) is 16.6. The van der Waals surface area contributed by atoms with Gasteiger partial charge >= 0.3 is 0 Å². The summed E-state index contributed by atoms with van der Waals surface area (Å²) in [6.45, 7) is -0.230. The number of phenolic OH excluding ortho intramolecular Hbond substituents is 1. The zero-order valence-corrected chi connectivity index (χ0v) is 18.4. The molecule has 7 N–H and O–H groups in total. The Bertz CT molecular complexity index is 1390. The predicted octanol–water partition coefficient (Wildman–Crippen LogP) is 0.978. The second kappa shape index (κ2) is 7.76. The third-order valence-electron chi connectivity index (χ3n) is 7.24. The highest BCUT2D eigenvalue weighted by atomic mass is 16.3. The van der Waals surface area contributed by atoms with E-state index in [1.165, 1.54) is 12.3 Å². The van der Waals surface area contributed by atoms with Gasteiger partial charge in [0.1, 0.15) is 22.8 Å². The molecule has 0 radical (unpaired) electrons. The van der Waals surface area contributed by atoms with Crippen molar-refractivity contribution in [2.24, 2.45) is 17.6 Å². The van der Waals surface area contributed by atoms with Crippen LogP contribution in [0.4, 0.5) is 0 Å². The minimum Gasteiger partial charge on any atom is -0.508 e. The molecule has 0 spiro atoms. The van der Waals surface area contributed by atoms with Crippen LogP contribution < -0.4 is 5.73 Å². The molecule has 3 aliphatic rings. The second-order valence-corrected chi connectivity index (χ2v) is 9.13. The molecule has 1 aromatic heterocycles. The van der Waals surface area contributed by atoms with Crippen LogP contribution in [-0.2, 0) is 27.4 Å². The fourth-order valence-electron chi connectivity index (χ4n) is 5.61. The Hall–Kier alpha value is -4.02. The number of rotatable bonds is 3. The Morgan fingerprint density at radius 3 is 2.57 bits per heavy atom. The third-order valence-corrected chi connectivity index (χ3v) is 7.24. The first-order valence-corrected chi connectivity index (χ1v) is 11.0. The number of benzene rings is 1. The molecule has 1 heterocycles. The van der Waals surface area contributed by atoms with E-state index in [4.69, 9.17) is 5.73 Å². The van der Waals surface area contributed by atoms with Gasteiger partial charge in [-0.3, -0.25) is 19.4 Å². The van der Waals surface area contributed by atoms with Crippen LogP contribution in [0.15, 0.2) is 47.5 Å². The fourth-order valence-corrected chi connectivity index (χ4v) is 5.61. The van der Waals surface area contributed by atoms with Crippen LogP contribution in [0.5, 0.6) is 5.75 Å². The van der Waals surface area contributed by atoms with Gasteiger partial charge in [-0.1, -0.05) is 6.07 Å². The molecule has 5 rings (SSSR count). The number of Topliss-reactive ketones (excluding diaryl/α,β-unsaturated/α-hetero) is 2. The lowest BCUT2D eigenvalue weighted by molar-refractivity contribution is -0.147. The van der Waals surface area contributed by atoms with E-state index < -0.39 is 52.0 Å². The van der Waals surface area contributed by atoms with Crippen molar-refractivity contribution in [3.05, 3.63) is 64.2 Å². The maximum absolute atomic E-state index is 13.5. The normalized spacial score (nSPS) is 25.8. The Balaban J connectivity index is 1.70. The molecule has 0 saturated heterocycles. The number of carbonyl (C=O) groups is 3. The van der Waals surface area contributed by atoms with E-state index in [0.29, 0.717) is 22.3 Å². The summed E-state index contributed by atoms with van der Waals surface area (Å²) in [5.41, 5.74) is 3.92. The standard InChI is InChI=1S/C25H22N2O8/c26-24(34)20-17(30)6-13-4-11-5-15-14(12-3-10(9-28)7-27-8-12)1-2-16(29)19(15)21(31)18(11)22(32)25(13,35)23(20)33/h1-3,7-8,11,13,28-29,31,33,35H,4-6,9H2,(H2,26,34). The topological polar surface area (TPSA) is 191 Å². The highest BCUT2D eigenvalue weighted by Gasteiger charge is 2.60. The number of aromatic nitrogens is 1. The number of aromatic hydroxyl groups is 1. The summed E-state index contributed by atoms with van der Waals surface area (Å²) in [6, 6.07) is 4.71. The number of nitrogens with two attached hydrogens (primary N) is 1. The number of carbonyl (C=O) groups excluding carboxylic acids is 3. The number of pyridine rings is 1. The molecule has 0 aliphatic heterocycles. The van der Waals surface area contributed by atoms with Gasteiger partial charge in [-0.25, -0.2) is 0 Å². The van der Waals surface area contributed by atoms with Crippen molar-refractivity contribution in [2.75, 3.05) is 0 Å². The van der Waals surface area contributed by atoms with Crippen LogP contribution in [-0.4, -0.2) is 53.6 Å². The number of amides is 1. The van der Waals surface area contributed by atoms with Crippen molar-refractivity contribution in [1.82, 2.24) is 4.98 Å². The lowest BCUT2D eigenvalue weighted by Crippen LogP contribution is -2.58. The van der Waals surface area contributed by atoms with Gasteiger partial charge in [-0.15, -0.1) is 0 Å². The third kappa shape index (κ3) is 3.10. The maximum atomic E-state index is 13.5. The number of hydrogen-bond donors (Lipinski definition) is 6. The van der Waals surface area contributed by atoms with Gasteiger partial charge in [0.15, 0.2) is 11.4 Å². The van der Waals surface area contributed by atoms with Gasteiger partial charge < -0.3 is 31.3 Å². The summed E-state index contributed by atoms with van der Waals surface area (Å²) in [6.07, 6.45) is 2.93. The number of ketones is 2. The van der Waals surface area contributed by atoms with Crippen molar-refractivity contribution in [3.63, 3.8) is 0 Å². The smallest absolute Gasteiger partial charge is 0.255 e.